The molecule has 0 aromatic heterocycles. The lowest BCUT2D eigenvalue weighted by molar-refractivity contribution is -0.384. The van der Waals surface area contributed by atoms with Gasteiger partial charge in [0.05, 0.1) is 20.0 Å². The first-order chi connectivity index (χ1) is 8.50. The van der Waals surface area contributed by atoms with Gasteiger partial charge in [0.15, 0.2) is 0 Å². The number of rotatable bonds is 2. The van der Waals surface area contributed by atoms with E-state index in [0.29, 0.717) is 15.6 Å². The SMILES string of the molecule is O=[N+]([O-])c1ccc(-c2ccc(Cl)c(Cl)c2Cl)cc1. The third-order valence-corrected chi connectivity index (χ3v) is 3.72. The molecule has 2 rings (SSSR count). The Morgan fingerprint density at radius 3 is 2.06 bits per heavy atom. The van der Waals surface area contributed by atoms with Crippen molar-refractivity contribution in [1.82, 2.24) is 0 Å². The van der Waals surface area contributed by atoms with Crippen LogP contribution in [0, 0.1) is 10.1 Å². The normalized spacial score (nSPS) is 10.4. The maximum atomic E-state index is 10.6. The van der Waals surface area contributed by atoms with Crippen molar-refractivity contribution in [3.63, 3.8) is 0 Å². The highest BCUT2D eigenvalue weighted by molar-refractivity contribution is 6.49. The minimum Gasteiger partial charge on any atom is -0.258 e. The van der Waals surface area contributed by atoms with E-state index in [0.717, 1.165) is 5.56 Å². The molecule has 0 fully saturated rings. The minimum absolute atomic E-state index is 0.0231. The Bertz CT molecular complexity index is 611. The van der Waals surface area contributed by atoms with E-state index in [2.05, 4.69) is 0 Å². The Morgan fingerprint density at radius 2 is 1.50 bits per heavy atom. The van der Waals surface area contributed by atoms with E-state index in [-0.39, 0.29) is 10.7 Å². The van der Waals surface area contributed by atoms with Crippen LogP contribution in [0.3, 0.4) is 0 Å². The number of nitro benzene ring substituents is 1. The number of hydrogen-bond donors (Lipinski definition) is 0. The van der Waals surface area contributed by atoms with Gasteiger partial charge in [-0.05, 0) is 23.8 Å². The molecule has 6 heteroatoms. The summed E-state index contributed by atoms with van der Waals surface area (Å²) in [5, 5.41) is 11.5. The lowest BCUT2D eigenvalue weighted by Crippen LogP contribution is -1.87. The van der Waals surface area contributed by atoms with Gasteiger partial charge in [0, 0.05) is 17.7 Å². The number of nitrogens with zero attached hydrogens (tertiary/aromatic N) is 1. The van der Waals surface area contributed by atoms with E-state index >= 15 is 0 Å². The molecule has 0 atom stereocenters. The summed E-state index contributed by atoms with van der Waals surface area (Å²) in [4.78, 5) is 10.1. The molecule has 0 amide bonds. The number of non-ortho nitro benzene ring substituents is 1. The van der Waals surface area contributed by atoms with Crippen LogP contribution in [0.25, 0.3) is 11.1 Å². The van der Waals surface area contributed by atoms with Crippen LogP contribution in [0.4, 0.5) is 5.69 Å². The van der Waals surface area contributed by atoms with E-state index < -0.39 is 4.92 Å². The molecule has 0 saturated heterocycles. The van der Waals surface area contributed by atoms with Gasteiger partial charge in [-0.25, -0.2) is 0 Å². The van der Waals surface area contributed by atoms with Crippen LogP contribution >= 0.6 is 34.8 Å². The van der Waals surface area contributed by atoms with Crippen molar-refractivity contribution in [2.45, 2.75) is 0 Å². The summed E-state index contributed by atoms with van der Waals surface area (Å²) in [5.41, 5.74) is 1.44. The summed E-state index contributed by atoms with van der Waals surface area (Å²) in [6.07, 6.45) is 0. The van der Waals surface area contributed by atoms with E-state index in [4.69, 9.17) is 34.8 Å². The largest absolute Gasteiger partial charge is 0.269 e. The average molecular weight is 303 g/mol. The van der Waals surface area contributed by atoms with Gasteiger partial charge >= 0.3 is 0 Å². The van der Waals surface area contributed by atoms with Crippen LogP contribution in [-0.2, 0) is 0 Å². The molecule has 0 aliphatic rings. The second-order valence-corrected chi connectivity index (χ2v) is 4.69. The van der Waals surface area contributed by atoms with Gasteiger partial charge in [-0.3, -0.25) is 10.1 Å². The van der Waals surface area contributed by atoms with Gasteiger partial charge < -0.3 is 0 Å². The van der Waals surface area contributed by atoms with Crippen molar-refractivity contribution in [3.05, 3.63) is 61.6 Å². The highest BCUT2D eigenvalue weighted by Gasteiger charge is 2.11. The van der Waals surface area contributed by atoms with E-state index in [9.17, 15) is 10.1 Å². The molecule has 18 heavy (non-hydrogen) atoms. The molecule has 2 aromatic rings. The van der Waals surface area contributed by atoms with Crippen LogP contribution in [0.5, 0.6) is 0 Å². The lowest BCUT2D eigenvalue weighted by Gasteiger charge is -2.07. The molecule has 0 bridgehead atoms. The van der Waals surface area contributed by atoms with Crippen molar-refractivity contribution >= 4 is 40.5 Å². The first-order valence-corrected chi connectivity index (χ1v) is 6.02. The molecule has 2 aromatic carbocycles. The first kappa shape index (κ1) is 13.1. The maximum absolute atomic E-state index is 10.6. The summed E-state index contributed by atoms with van der Waals surface area (Å²) >= 11 is 17.9. The molecule has 0 aliphatic heterocycles. The molecule has 0 N–H and O–H groups in total. The zero-order valence-corrected chi connectivity index (χ0v) is 11.1. The standard InChI is InChI=1S/C12H6Cl3NO2/c13-10-6-5-9(11(14)12(10)15)7-1-3-8(4-2-7)16(17)18/h1-6H. The van der Waals surface area contributed by atoms with Crippen LogP contribution in [0.15, 0.2) is 36.4 Å². The van der Waals surface area contributed by atoms with Crippen molar-refractivity contribution in [2.75, 3.05) is 0 Å². The van der Waals surface area contributed by atoms with Crippen molar-refractivity contribution in [1.29, 1.82) is 0 Å². The number of hydrogen-bond acceptors (Lipinski definition) is 2. The van der Waals surface area contributed by atoms with Crippen molar-refractivity contribution in [2.24, 2.45) is 0 Å². The summed E-state index contributed by atoms with van der Waals surface area (Å²) in [6.45, 7) is 0. The zero-order chi connectivity index (χ0) is 13.3. The number of nitro groups is 1. The quantitative estimate of drug-likeness (QED) is 0.433. The maximum Gasteiger partial charge on any atom is 0.269 e. The van der Waals surface area contributed by atoms with Gasteiger partial charge in [0.1, 0.15) is 0 Å². The highest BCUT2D eigenvalue weighted by atomic mass is 35.5. The van der Waals surface area contributed by atoms with Gasteiger partial charge in [-0.2, -0.15) is 0 Å². The second kappa shape index (κ2) is 5.14. The minimum atomic E-state index is -0.458. The Hall–Kier alpha value is -1.29. The Labute approximate surface area is 118 Å². The summed E-state index contributed by atoms with van der Waals surface area (Å²) in [5.74, 6) is 0. The topological polar surface area (TPSA) is 43.1 Å². The lowest BCUT2D eigenvalue weighted by atomic mass is 10.1. The summed E-state index contributed by atoms with van der Waals surface area (Å²) in [7, 11) is 0. The molecule has 0 aliphatic carbocycles. The molecule has 3 nitrogen and oxygen atoms in total. The predicted molar refractivity (Wildman–Crippen MR) is 73.6 cm³/mol. The predicted octanol–water partition coefficient (Wildman–Crippen LogP) is 5.22. The fourth-order valence-corrected chi connectivity index (χ4v) is 2.16. The monoisotopic (exact) mass is 301 g/mol. The third kappa shape index (κ3) is 2.43. The molecule has 0 unspecified atom stereocenters. The average Bonchev–Trinajstić information content (AvgIpc) is 2.36. The van der Waals surface area contributed by atoms with Gasteiger partial charge in [-0.1, -0.05) is 40.9 Å². The molecular weight excluding hydrogens is 296 g/mol. The van der Waals surface area contributed by atoms with Crippen molar-refractivity contribution in [3.8, 4) is 11.1 Å². The van der Waals surface area contributed by atoms with E-state index in [1.165, 1.54) is 12.1 Å². The fourth-order valence-electron chi connectivity index (χ4n) is 1.51. The molecule has 0 radical (unpaired) electrons. The Kier molecular flexibility index (Phi) is 3.76. The number of halogens is 3. The number of benzene rings is 2. The van der Waals surface area contributed by atoms with Crippen LogP contribution in [-0.4, -0.2) is 4.92 Å². The highest BCUT2D eigenvalue weighted by Crippen LogP contribution is 2.38. The Morgan fingerprint density at radius 1 is 0.889 bits per heavy atom. The van der Waals surface area contributed by atoms with E-state index in [1.807, 2.05) is 0 Å². The molecule has 0 heterocycles. The second-order valence-electron chi connectivity index (χ2n) is 3.53. The summed E-state index contributed by atoms with van der Waals surface area (Å²) < 4.78 is 0. The summed E-state index contributed by atoms with van der Waals surface area (Å²) in [6, 6.07) is 9.40. The first-order valence-electron chi connectivity index (χ1n) is 4.89. The van der Waals surface area contributed by atoms with E-state index in [1.54, 1.807) is 24.3 Å². The Balaban J connectivity index is 2.49. The van der Waals surface area contributed by atoms with Gasteiger partial charge in [0.2, 0.25) is 0 Å². The fraction of sp³-hybridized carbons (Fsp3) is 0. The van der Waals surface area contributed by atoms with Crippen LogP contribution < -0.4 is 0 Å². The molecular formula is C12H6Cl3NO2. The van der Waals surface area contributed by atoms with Crippen molar-refractivity contribution < 1.29 is 4.92 Å². The van der Waals surface area contributed by atoms with Gasteiger partial charge in [-0.15, -0.1) is 0 Å². The van der Waals surface area contributed by atoms with Crippen LogP contribution in [0.1, 0.15) is 0 Å². The molecule has 0 saturated carbocycles. The molecule has 92 valence electrons. The molecule has 0 spiro atoms. The smallest absolute Gasteiger partial charge is 0.258 e. The zero-order valence-electron chi connectivity index (χ0n) is 8.86. The van der Waals surface area contributed by atoms with Gasteiger partial charge in [0.25, 0.3) is 5.69 Å². The van der Waals surface area contributed by atoms with Crippen LogP contribution in [0.2, 0.25) is 15.1 Å². The third-order valence-electron chi connectivity index (χ3n) is 2.42.